The molecule has 0 aliphatic carbocycles. The van der Waals surface area contributed by atoms with E-state index in [9.17, 15) is 10.1 Å². The monoisotopic (exact) mass is 472 g/mol. The number of rotatable bonds is 4. The van der Waals surface area contributed by atoms with Gasteiger partial charge in [0, 0.05) is 23.0 Å². The van der Waals surface area contributed by atoms with E-state index in [1.165, 1.54) is 10.9 Å². The fourth-order valence-electron chi connectivity index (χ4n) is 4.39. The van der Waals surface area contributed by atoms with Crippen molar-refractivity contribution in [1.29, 1.82) is 5.26 Å². The number of nitrogens with zero attached hydrogens (tertiary/aromatic N) is 5. The summed E-state index contributed by atoms with van der Waals surface area (Å²) in [7, 11) is 0. The predicted octanol–water partition coefficient (Wildman–Crippen LogP) is 4.90. The minimum absolute atomic E-state index is 0.248. The Bertz CT molecular complexity index is 1640. The van der Waals surface area contributed by atoms with Crippen molar-refractivity contribution in [2.24, 2.45) is 0 Å². The lowest BCUT2D eigenvalue weighted by Crippen LogP contribution is -2.32. The summed E-state index contributed by atoms with van der Waals surface area (Å²) in [5, 5.41) is 18.9. The molecule has 3 aromatic carbocycles. The molecule has 8 heteroatoms. The highest BCUT2D eigenvalue weighted by atomic mass is 16.5. The van der Waals surface area contributed by atoms with Crippen molar-refractivity contribution in [3.8, 4) is 17.6 Å². The molecule has 6 rings (SSSR count). The minimum Gasteiger partial charge on any atom is -0.473 e. The van der Waals surface area contributed by atoms with E-state index in [0.29, 0.717) is 24.7 Å². The number of anilines is 2. The van der Waals surface area contributed by atoms with Gasteiger partial charge in [0.25, 0.3) is 5.91 Å². The fraction of sp³-hybridized carbons (Fsp3) is 0.0714. The van der Waals surface area contributed by atoms with Crippen LogP contribution in [0.3, 0.4) is 0 Å². The van der Waals surface area contributed by atoms with Crippen molar-refractivity contribution in [3.63, 3.8) is 0 Å². The van der Waals surface area contributed by atoms with Crippen LogP contribution in [0.1, 0.15) is 21.5 Å². The van der Waals surface area contributed by atoms with E-state index in [0.717, 1.165) is 27.8 Å². The molecule has 2 aromatic heterocycles. The number of pyridine rings is 1. The third-order valence-corrected chi connectivity index (χ3v) is 6.18. The largest absolute Gasteiger partial charge is 0.473 e. The lowest BCUT2D eigenvalue weighted by molar-refractivity contribution is 0.102. The third-order valence-electron chi connectivity index (χ3n) is 6.18. The van der Waals surface area contributed by atoms with Gasteiger partial charge in [-0.05, 0) is 47.2 Å². The van der Waals surface area contributed by atoms with Crippen molar-refractivity contribution < 1.29 is 9.53 Å². The van der Waals surface area contributed by atoms with Gasteiger partial charge in [0.2, 0.25) is 0 Å². The topological polar surface area (TPSA) is 96.1 Å². The Morgan fingerprint density at radius 1 is 1.03 bits per heavy atom. The summed E-state index contributed by atoms with van der Waals surface area (Å²) in [4.78, 5) is 19.6. The molecule has 0 unspecified atom stereocenters. The lowest BCUT2D eigenvalue weighted by Gasteiger charge is -2.31. The molecule has 5 aromatic rings. The van der Waals surface area contributed by atoms with Crippen molar-refractivity contribution >= 4 is 28.2 Å². The van der Waals surface area contributed by atoms with E-state index in [1.807, 2.05) is 42.5 Å². The molecule has 0 radical (unpaired) electrons. The quantitative estimate of drug-likeness (QED) is 0.400. The van der Waals surface area contributed by atoms with Gasteiger partial charge in [-0.15, -0.1) is 0 Å². The zero-order valence-corrected chi connectivity index (χ0v) is 19.1. The van der Waals surface area contributed by atoms with Crippen molar-refractivity contribution in [1.82, 2.24) is 14.8 Å². The Morgan fingerprint density at radius 3 is 2.78 bits per heavy atom. The number of nitriles is 1. The van der Waals surface area contributed by atoms with Gasteiger partial charge in [-0.25, -0.2) is 4.98 Å². The van der Waals surface area contributed by atoms with E-state index in [2.05, 4.69) is 44.6 Å². The van der Waals surface area contributed by atoms with Gasteiger partial charge in [0.05, 0.1) is 12.7 Å². The smallest absolute Gasteiger partial charge is 0.256 e. The van der Waals surface area contributed by atoms with Gasteiger partial charge in [-0.3, -0.25) is 4.79 Å². The summed E-state index contributed by atoms with van der Waals surface area (Å²) in [6, 6.07) is 27.1. The first-order chi connectivity index (χ1) is 17.7. The highest BCUT2D eigenvalue weighted by Crippen LogP contribution is 2.34. The van der Waals surface area contributed by atoms with Crippen LogP contribution in [0.5, 0.6) is 5.75 Å². The second-order valence-corrected chi connectivity index (χ2v) is 8.36. The summed E-state index contributed by atoms with van der Waals surface area (Å²) in [5.74, 6) is 1.30. The van der Waals surface area contributed by atoms with Crippen LogP contribution in [0, 0.1) is 11.3 Å². The number of ether oxygens (including phenoxy) is 1. The number of amides is 1. The van der Waals surface area contributed by atoms with Gasteiger partial charge in [-0.2, -0.15) is 15.0 Å². The predicted molar refractivity (Wildman–Crippen MR) is 136 cm³/mol. The molecule has 0 saturated carbocycles. The fourth-order valence-corrected chi connectivity index (χ4v) is 4.39. The zero-order chi connectivity index (χ0) is 24.5. The van der Waals surface area contributed by atoms with Crippen LogP contribution in [0.15, 0.2) is 91.3 Å². The van der Waals surface area contributed by atoms with Gasteiger partial charge < -0.3 is 15.0 Å². The number of hydrogen-bond acceptors (Lipinski definition) is 6. The lowest BCUT2D eigenvalue weighted by atomic mass is 10.0. The Hall–Kier alpha value is -5.16. The number of carbonyl (C=O) groups is 1. The number of fused-ring (bicyclic) bond motifs is 3. The molecular formula is C28H20N6O2. The van der Waals surface area contributed by atoms with Crippen LogP contribution >= 0.6 is 0 Å². The molecule has 1 aliphatic heterocycles. The van der Waals surface area contributed by atoms with E-state index in [1.54, 1.807) is 24.4 Å². The van der Waals surface area contributed by atoms with Crippen LogP contribution in [-0.2, 0) is 6.54 Å². The van der Waals surface area contributed by atoms with E-state index >= 15 is 0 Å². The molecule has 1 aliphatic rings. The summed E-state index contributed by atoms with van der Waals surface area (Å²) in [5.41, 5.74) is 2.68. The highest BCUT2D eigenvalue weighted by molar-refractivity contribution is 6.05. The van der Waals surface area contributed by atoms with Crippen LogP contribution in [0.2, 0.25) is 0 Å². The number of carbonyl (C=O) groups excluding carboxylic acids is 1. The van der Waals surface area contributed by atoms with Crippen molar-refractivity contribution in [2.45, 2.75) is 6.54 Å². The van der Waals surface area contributed by atoms with E-state index in [4.69, 9.17) is 4.74 Å². The summed E-state index contributed by atoms with van der Waals surface area (Å²) in [6.45, 7) is 1.04. The van der Waals surface area contributed by atoms with E-state index in [-0.39, 0.29) is 17.3 Å². The van der Waals surface area contributed by atoms with Crippen LogP contribution in [0.25, 0.3) is 16.6 Å². The summed E-state index contributed by atoms with van der Waals surface area (Å²) in [6.07, 6.45) is 3.04. The molecule has 36 heavy (non-hydrogen) atoms. The third kappa shape index (κ3) is 3.79. The maximum absolute atomic E-state index is 13.2. The Balaban J connectivity index is 1.28. The molecule has 8 nitrogen and oxygen atoms in total. The Morgan fingerprint density at radius 2 is 1.92 bits per heavy atom. The summed E-state index contributed by atoms with van der Waals surface area (Å²) < 4.78 is 7.50. The molecule has 0 fully saturated rings. The molecule has 1 N–H and O–H groups in total. The number of benzene rings is 3. The van der Waals surface area contributed by atoms with Crippen LogP contribution < -0.4 is 15.0 Å². The molecule has 3 heterocycles. The molecule has 0 bridgehead atoms. The minimum atomic E-state index is -0.352. The van der Waals surface area contributed by atoms with Crippen molar-refractivity contribution in [2.75, 3.05) is 16.9 Å². The van der Waals surface area contributed by atoms with Gasteiger partial charge in [-0.1, -0.05) is 42.5 Å². The molecule has 0 spiro atoms. The Kier molecular flexibility index (Phi) is 5.28. The molecule has 174 valence electrons. The first-order valence-corrected chi connectivity index (χ1v) is 11.4. The molecular weight excluding hydrogens is 452 g/mol. The maximum atomic E-state index is 13.2. The number of nitrogens with one attached hydrogen (secondary N) is 1. The number of hydrogen-bond donors (Lipinski definition) is 1. The normalized spacial score (nSPS) is 12.5. The second-order valence-electron chi connectivity index (χ2n) is 8.36. The molecule has 0 atom stereocenters. The van der Waals surface area contributed by atoms with Crippen LogP contribution in [-0.4, -0.2) is 27.4 Å². The summed E-state index contributed by atoms with van der Waals surface area (Å²) >= 11 is 0. The van der Waals surface area contributed by atoms with Gasteiger partial charge in [0.15, 0.2) is 18.4 Å². The van der Waals surface area contributed by atoms with E-state index < -0.39 is 0 Å². The van der Waals surface area contributed by atoms with Crippen LogP contribution in [0.4, 0.5) is 11.5 Å². The first-order valence-electron chi connectivity index (χ1n) is 11.4. The average Bonchev–Trinajstić information content (AvgIpc) is 3.35. The highest BCUT2D eigenvalue weighted by Gasteiger charge is 2.22. The van der Waals surface area contributed by atoms with Gasteiger partial charge in [0.1, 0.15) is 17.4 Å². The first kappa shape index (κ1) is 21.4. The maximum Gasteiger partial charge on any atom is 0.256 e. The SMILES string of the molecule is N#Cc1cnn(-c2ccccn2)c1NC(=O)c1cccc(N2COc3ccc4ccccc4c3C2)c1. The number of aromatic nitrogens is 3. The standard InChI is InChI=1S/C28H20N6O2/c29-15-21-16-31-34(26-10-3-4-13-30-26)27(21)32-28(35)20-7-5-8-22(14-20)33-17-24-23-9-2-1-6-19(23)11-12-25(24)36-18-33/h1-14,16H,17-18H2,(H,32,35). The van der Waals surface area contributed by atoms with Crippen molar-refractivity contribution in [3.05, 3.63) is 108 Å². The molecule has 0 saturated heterocycles. The Labute approximate surface area is 207 Å². The average molecular weight is 473 g/mol. The second kappa shape index (κ2) is 8.89. The zero-order valence-electron chi connectivity index (χ0n) is 19.1. The van der Waals surface area contributed by atoms with Gasteiger partial charge >= 0.3 is 0 Å². The molecule has 1 amide bonds.